The quantitative estimate of drug-likeness (QED) is 0.748. The van der Waals surface area contributed by atoms with E-state index in [1.165, 1.54) is 24.1 Å². The summed E-state index contributed by atoms with van der Waals surface area (Å²) < 4.78 is 5.48. The molecule has 0 amide bonds. The van der Waals surface area contributed by atoms with E-state index in [-0.39, 0.29) is 0 Å². The fourth-order valence-electron chi connectivity index (χ4n) is 4.70. The molecule has 2 aromatic heterocycles. The van der Waals surface area contributed by atoms with Crippen LogP contribution in [-0.2, 0) is 17.6 Å². The first-order valence-electron chi connectivity index (χ1n) is 11.3. The maximum Gasteiger partial charge on any atom is 0.227 e. The number of hydrogen-bond acceptors (Lipinski definition) is 8. The molecule has 8 heteroatoms. The average molecular weight is 420 g/mol. The summed E-state index contributed by atoms with van der Waals surface area (Å²) in [5.74, 6) is 2.62. The predicted molar refractivity (Wildman–Crippen MR) is 120 cm³/mol. The highest BCUT2D eigenvalue weighted by atomic mass is 16.5. The Bertz CT molecular complexity index is 988. The van der Waals surface area contributed by atoms with Gasteiger partial charge in [0.2, 0.25) is 5.95 Å². The van der Waals surface area contributed by atoms with Gasteiger partial charge in [-0.3, -0.25) is 0 Å². The van der Waals surface area contributed by atoms with Gasteiger partial charge in [-0.1, -0.05) is 0 Å². The lowest BCUT2D eigenvalue weighted by molar-refractivity contribution is 0.122. The molecule has 2 aliphatic heterocycles. The van der Waals surface area contributed by atoms with Gasteiger partial charge in [-0.05, 0) is 44.2 Å². The molecule has 3 aliphatic rings. The fourth-order valence-corrected chi connectivity index (χ4v) is 4.70. The zero-order valence-electron chi connectivity index (χ0n) is 18.2. The van der Waals surface area contributed by atoms with Gasteiger partial charge in [0.15, 0.2) is 0 Å². The number of hydrogen-bond donors (Lipinski definition) is 0. The molecule has 0 saturated carbocycles. The van der Waals surface area contributed by atoms with Crippen molar-refractivity contribution in [2.24, 2.45) is 0 Å². The first kappa shape index (κ1) is 20.0. The van der Waals surface area contributed by atoms with E-state index in [0.29, 0.717) is 5.56 Å². The minimum Gasteiger partial charge on any atom is -0.378 e. The third kappa shape index (κ3) is 4.15. The minimum atomic E-state index is 0.704. The molecule has 0 bridgehead atoms. The molecule has 31 heavy (non-hydrogen) atoms. The number of nitriles is 1. The number of piperazine rings is 1. The number of pyridine rings is 1. The molecule has 1 aliphatic carbocycles. The molecule has 4 heterocycles. The lowest BCUT2D eigenvalue weighted by Crippen LogP contribution is -2.48. The Morgan fingerprint density at radius 2 is 1.61 bits per heavy atom. The molecule has 0 N–H and O–H groups in total. The summed E-state index contributed by atoms with van der Waals surface area (Å²) in [6, 6.07) is 6.51. The number of aryl methyl sites for hydroxylation is 3. The van der Waals surface area contributed by atoms with Gasteiger partial charge in [0, 0.05) is 56.7 Å². The Hall–Kier alpha value is -2.92. The Kier molecular flexibility index (Phi) is 5.60. The van der Waals surface area contributed by atoms with Crippen molar-refractivity contribution in [2.75, 3.05) is 67.2 Å². The second kappa shape index (κ2) is 8.67. The summed E-state index contributed by atoms with van der Waals surface area (Å²) >= 11 is 0. The van der Waals surface area contributed by atoms with Crippen LogP contribution in [0.4, 0.5) is 17.6 Å². The van der Waals surface area contributed by atoms with Crippen LogP contribution in [-0.4, -0.2) is 67.4 Å². The number of nitrogens with zero attached hydrogens (tertiary/aromatic N) is 7. The predicted octanol–water partition coefficient (Wildman–Crippen LogP) is 2.09. The topological polar surface area (TPSA) is 81.4 Å². The smallest absolute Gasteiger partial charge is 0.227 e. The van der Waals surface area contributed by atoms with Gasteiger partial charge in [0.25, 0.3) is 0 Å². The number of morpholine rings is 1. The van der Waals surface area contributed by atoms with E-state index >= 15 is 0 Å². The van der Waals surface area contributed by atoms with E-state index in [0.717, 1.165) is 88.6 Å². The highest BCUT2D eigenvalue weighted by Gasteiger charge is 2.25. The fraction of sp³-hybridized carbons (Fsp3) is 0.565. The third-order valence-electron chi connectivity index (χ3n) is 6.43. The van der Waals surface area contributed by atoms with Crippen molar-refractivity contribution in [3.63, 3.8) is 0 Å². The normalized spacial score (nSPS) is 19.2. The maximum atomic E-state index is 9.70. The zero-order valence-corrected chi connectivity index (χ0v) is 18.2. The minimum absolute atomic E-state index is 0.704. The number of rotatable bonds is 3. The maximum absolute atomic E-state index is 9.70. The van der Waals surface area contributed by atoms with Crippen LogP contribution in [0.25, 0.3) is 0 Å². The molecule has 0 atom stereocenters. The van der Waals surface area contributed by atoms with Gasteiger partial charge in [0.05, 0.1) is 18.8 Å². The van der Waals surface area contributed by atoms with Crippen molar-refractivity contribution in [1.82, 2.24) is 15.0 Å². The van der Waals surface area contributed by atoms with E-state index in [9.17, 15) is 5.26 Å². The molecule has 2 aromatic rings. The number of anilines is 3. The summed E-state index contributed by atoms with van der Waals surface area (Å²) in [7, 11) is 0. The first-order valence-corrected chi connectivity index (χ1v) is 11.3. The number of ether oxygens (including phenoxy) is 1. The van der Waals surface area contributed by atoms with Crippen LogP contribution in [0.15, 0.2) is 12.1 Å². The van der Waals surface area contributed by atoms with Gasteiger partial charge >= 0.3 is 0 Å². The first-order chi connectivity index (χ1) is 15.2. The Balaban J connectivity index is 1.32. The summed E-state index contributed by atoms with van der Waals surface area (Å²) in [4.78, 5) is 21.3. The molecule has 162 valence electrons. The monoisotopic (exact) mass is 419 g/mol. The molecule has 8 nitrogen and oxygen atoms in total. The SMILES string of the molecule is Cc1cc(N2CCOCC2)nc(N2CCN(c3nc4c(cc3C#N)CCCC4)CC2)n1. The molecule has 0 unspecified atom stereocenters. The van der Waals surface area contributed by atoms with Crippen LogP contribution in [0.5, 0.6) is 0 Å². The standard InChI is InChI=1S/C23H29N7O/c1-17-14-21(28-10-12-31-13-11-28)27-23(25-17)30-8-6-29(7-9-30)22-19(16-24)15-18-4-2-3-5-20(18)26-22/h14-15H,2-13H2,1H3. The van der Waals surface area contributed by atoms with Crippen molar-refractivity contribution in [3.8, 4) is 6.07 Å². The molecular weight excluding hydrogens is 390 g/mol. The molecule has 0 spiro atoms. The molecular formula is C23H29N7O. The summed E-state index contributed by atoms with van der Waals surface area (Å²) in [5, 5.41) is 9.70. The van der Waals surface area contributed by atoms with E-state index in [4.69, 9.17) is 19.7 Å². The second-order valence-electron chi connectivity index (χ2n) is 8.53. The van der Waals surface area contributed by atoms with Crippen LogP contribution in [0.1, 0.15) is 35.4 Å². The van der Waals surface area contributed by atoms with Gasteiger partial charge in [-0.2, -0.15) is 10.2 Å². The molecule has 0 radical (unpaired) electrons. The van der Waals surface area contributed by atoms with Crippen LogP contribution < -0.4 is 14.7 Å². The summed E-state index contributed by atoms with van der Waals surface area (Å²) in [6.07, 6.45) is 4.45. The Morgan fingerprint density at radius 3 is 2.39 bits per heavy atom. The summed E-state index contributed by atoms with van der Waals surface area (Å²) in [5.41, 5.74) is 4.13. The van der Waals surface area contributed by atoms with Gasteiger partial charge in [-0.15, -0.1) is 0 Å². The van der Waals surface area contributed by atoms with Crippen molar-refractivity contribution in [3.05, 3.63) is 34.6 Å². The second-order valence-corrected chi connectivity index (χ2v) is 8.53. The molecule has 0 aromatic carbocycles. The average Bonchev–Trinajstić information content (AvgIpc) is 2.83. The highest BCUT2D eigenvalue weighted by molar-refractivity contribution is 5.57. The van der Waals surface area contributed by atoms with Gasteiger partial charge in [-0.25, -0.2) is 9.97 Å². The van der Waals surface area contributed by atoms with E-state index in [1.54, 1.807) is 0 Å². The highest BCUT2D eigenvalue weighted by Crippen LogP contribution is 2.28. The van der Waals surface area contributed by atoms with E-state index in [1.807, 2.05) is 6.92 Å². The van der Waals surface area contributed by atoms with Crippen molar-refractivity contribution >= 4 is 17.6 Å². The zero-order chi connectivity index (χ0) is 21.2. The third-order valence-corrected chi connectivity index (χ3v) is 6.43. The molecule has 2 saturated heterocycles. The van der Waals surface area contributed by atoms with Crippen molar-refractivity contribution in [2.45, 2.75) is 32.6 Å². The number of aromatic nitrogens is 3. The molecule has 2 fully saturated rings. The van der Waals surface area contributed by atoms with E-state index in [2.05, 4.69) is 32.9 Å². The molecule has 5 rings (SSSR count). The largest absolute Gasteiger partial charge is 0.378 e. The van der Waals surface area contributed by atoms with Crippen molar-refractivity contribution in [1.29, 1.82) is 5.26 Å². The van der Waals surface area contributed by atoms with Crippen molar-refractivity contribution < 1.29 is 4.74 Å². The Morgan fingerprint density at radius 1 is 0.871 bits per heavy atom. The Labute approximate surface area is 183 Å². The van der Waals surface area contributed by atoms with Crippen LogP contribution in [0.3, 0.4) is 0 Å². The van der Waals surface area contributed by atoms with Crippen LogP contribution in [0, 0.1) is 18.3 Å². The van der Waals surface area contributed by atoms with Crippen LogP contribution in [0.2, 0.25) is 0 Å². The van der Waals surface area contributed by atoms with E-state index < -0.39 is 0 Å². The number of fused-ring (bicyclic) bond motifs is 1. The lowest BCUT2D eigenvalue weighted by atomic mass is 9.95. The van der Waals surface area contributed by atoms with Gasteiger partial charge in [0.1, 0.15) is 17.7 Å². The summed E-state index contributed by atoms with van der Waals surface area (Å²) in [6.45, 7) is 8.50. The lowest BCUT2D eigenvalue weighted by Gasteiger charge is -2.36. The van der Waals surface area contributed by atoms with Crippen LogP contribution >= 0.6 is 0 Å². The van der Waals surface area contributed by atoms with Gasteiger partial charge < -0.3 is 19.4 Å².